The van der Waals surface area contributed by atoms with Gasteiger partial charge >= 0.3 is 0 Å². The van der Waals surface area contributed by atoms with Crippen molar-refractivity contribution in [3.05, 3.63) is 53.6 Å². The fourth-order valence-electron chi connectivity index (χ4n) is 1.40. The third kappa shape index (κ3) is 2.22. The van der Waals surface area contributed by atoms with Gasteiger partial charge in [-0.25, -0.2) is 4.39 Å². The van der Waals surface area contributed by atoms with Crippen LogP contribution in [0.1, 0.15) is 11.3 Å². The predicted octanol–water partition coefficient (Wildman–Crippen LogP) is 1.53. The average molecular weight is 205 g/mol. The minimum absolute atomic E-state index is 0.206. The molecule has 0 aliphatic rings. The smallest absolute Gasteiger partial charge is 0.128 e. The van der Waals surface area contributed by atoms with Crippen molar-refractivity contribution in [3.63, 3.8) is 0 Å². The van der Waals surface area contributed by atoms with Gasteiger partial charge in [0.15, 0.2) is 0 Å². The Balaban J connectivity index is 2.18. The van der Waals surface area contributed by atoms with Gasteiger partial charge in [0.1, 0.15) is 5.82 Å². The summed E-state index contributed by atoms with van der Waals surface area (Å²) in [4.78, 5) is 0. The van der Waals surface area contributed by atoms with Gasteiger partial charge in [0.05, 0.1) is 12.2 Å². The summed E-state index contributed by atoms with van der Waals surface area (Å²) in [6.07, 6.45) is 1.80. The number of rotatable bonds is 3. The Bertz CT molecular complexity index is 451. The summed E-state index contributed by atoms with van der Waals surface area (Å²) in [7, 11) is 0. The molecule has 0 saturated carbocycles. The minimum Gasteiger partial charge on any atom is -0.325 e. The van der Waals surface area contributed by atoms with Crippen molar-refractivity contribution in [3.8, 4) is 0 Å². The molecule has 2 N–H and O–H groups in total. The van der Waals surface area contributed by atoms with Crippen molar-refractivity contribution in [1.29, 1.82) is 0 Å². The lowest BCUT2D eigenvalue weighted by Crippen LogP contribution is -2.04. The molecule has 1 aromatic heterocycles. The maximum Gasteiger partial charge on any atom is 0.128 e. The molecule has 0 fully saturated rings. The lowest BCUT2D eigenvalue weighted by Gasteiger charge is -2.02. The number of halogens is 1. The average Bonchev–Trinajstić information content (AvgIpc) is 2.69. The molecular formula is C11H12FN3. The van der Waals surface area contributed by atoms with E-state index in [0.29, 0.717) is 18.7 Å². The monoisotopic (exact) mass is 205 g/mol. The first-order chi connectivity index (χ1) is 7.29. The number of nitrogens with zero attached hydrogens (tertiary/aromatic N) is 2. The van der Waals surface area contributed by atoms with Crippen LogP contribution < -0.4 is 5.73 Å². The predicted molar refractivity (Wildman–Crippen MR) is 55.6 cm³/mol. The maximum atomic E-state index is 13.3. The van der Waals surface area contributed by atoms with Crippen LogP contribution in [0.3, 0.4) is 0 Å². The summed E-state index contributed by atoms with van der Waals surface area (Å²) in [5, 5.41) is 4.19. The molecule has 0 amide bonds. The Labute approximate surface area is 87.3 Å². The molecule has 15 heavy (non-hydrogen) atoms. The summed E-state index contributed by atoms with van der Waals surface area (Å²) in [6, 6.07) is 8.52. The second-order valence-electron chi connectivity index (χ2n) is 3.30. The first-order valence-electron chi connectivity index (χ1n) is 4.75. The van der Waals surface area contributed by atoms with E-state index in [2.05, 4.69) is 5.10 Å². The van der Waals surface area contributed by atoms with E-state index < -0.39 is 0 Å². The van der Waals surface area contributed by atoms with E-state index in [1.165, 1.54) is 6.07 Å². The SMILES string of the molecule is NCc1ccn(Cc2ccccc2F)n1. The van der Waals surface area contributed by atoms with Crippen molar-refractivity contribution in [2.45, 2.75) is 13.1 Å². The third-order valence-corrected chi connectivity index (χ3v) is 2.20. The molecule has 0 radical (unpaired) electrons. The molecule has 2 rings (SSSR count). The molecular weight excluding hydrogens is 193 g/mol. The Morgan fingerprint density at radius 1 is 1.27 bits per heavy atom. The lowest BCUT2D eigenvalue weighted by molar-refractivity contribution is 0.583. The molecule has 78 valence electrons. The summed E-state index contributed by atoms with van der Waals surface area (Å²) in [6.45, 7) is 0.844. The quantitative estimate of drug-likeness (QED) is 0.825. The van der Waals surface area contributed by atoms with Crippen molar-refractivity contribution in [2.24, 2.45) is 5.73 Å². The second kappa shape index (κ2) is 4.23. The molecule has 3 nitrogen and oxygen atoms in total. The topological polar surface area (TPSA) is 43.8 Å². The molecule has 2 aromatic rings. The zero-order valence-corrected chi connectivity index (χ0v) is 8.23. The van der Waals surface area contributed by atoms with Gasteiger partial charge in [-0.2, -0.15) is 5.10 Å². The van der Waals surface area contributed by atoms with Gasteiger partial charge in [-0.05, 0) is 12.1 Å². The number of hydrogen-bond donors (Lipinski definition) is 1. The van der Waals surface area contributed by atoms with Crippen molar-refractivity contribution in [1.82, 2.24) is 9.78 Å². The Hall–Kier alpha value is -1.68. The fraction of sp³-hybridized carbons (Fsp3) is 0.182. The van der Waals surface area contributed by atoms with Crippen LogP contribution in [0.2, 0.25) is 0 Å². The third-order valence-electron chi connectivity index (χ3n) is 2.20. The number of benzene rings is 1. The molecule has 0 aliphatic heterocycles. The van der Waals surface area contributed by atoms with Crippen LogP contribution in [0.5, 0.6) is 0 Å². The van der Waals surface area contributed by atoms with E-state index in [9.17, 15) is 4.39 Å². The normalized spacial score (nSPS) is 10.5. The zero-order valence-electron chi connectivity index (χ0n) is 8.23. The van der Waals surface area contributed by atoms with Gasteiger partial charge in [0, 0.05) is 18.3 Å². The number of hydrogen-bond acceptors (Lipinski definition) is 2. The van der Waals surface area contributed by atoms with Crippen LogP contribution in [0, 0.1) is 5.82 Å². The van der Waals surface area contributed by atoms with Crippen LogP contribution in [0.15, 0.2) is 36.5 Å². The highest BCUT2D eigenvalue weighted by Crippen LogP contribution is 2.08. The summed E-state index contributed by atoms with van der Waals surface area (Å²) < 4.78 is 15.0. The minimum atomic E-state index is -0.206. The fourth-order valence-corrected chi connectivity index (χ4v) is 1.40. The van der Waals surface area contributed by atoms with E-state index in [1.807, 2.05) is 12.1 Å². The van der Waals surface area contributed by atoms with E-state index in [4.69, 9.17) is 5.73 Å². The standard InChI is InChI=1S/C11H12FN3/c12-11-4-2-1-3-9(11)8-15-6-5-10(7-13)14-15/h1-6H,7-8,13H2. The van der Waals surface area contributed by atoms with E-state index in [1.54, 1.807) is 23.0 Å². The molecule has 0 bridgehead atoms. The molecule has 1 aromatic carbocycles. The van der Waals surface area contributed by atoms with E-state index >= 15 is 0 Å². The van der Waals surface area contributed by atoms with Crippen molar-refractivity contribution >= 4 is 0 Å². The highest BCUT2D eigenvalue weighted by Gasteiger charge is 2.02. The van der Waals surface area contributed by atoms with Crippen LogP contribution in [0.4, 0.5) is 4.39 Å². The molecule has 0 aliphatic carbocycles. The van der Waals surface area contributed by atoms with E-state index in [0.717, 1.165) is 5.69 Å². The van der Waals surface area contributed by atoms with Gasteiger partial charge in [-0.1, -0.05) is 18.2 Å². The van der Waals surface area contributed by atoms with Crippen LogP contribution in [-0.2, 0) is 13.1 Å². The van der Waals surface area contributed by atoms with Gasteiger partial charge < -0.3 is 5.73 Å². The van der Waals surface area contributed by atoms with Gasteiger partial charge in [-0.3, -0.25) is 4.68 Å². The molecule has 0 spiro atoms. The summed E-state index contributed by atoms with van der Waals surface area (Å²) in [5.74, 6) is -0.206. The summed E-state index contributed by atoms with van der Waals surface area (Å²) >= 11 is 0. The first kappa shape index (κ1) is 9.86. The second-order valence-corrected chi connectivity index (χ2v) is 3.30. The molecule has 1 heterocycles. The highest BCUT2D eigenvalue weighted by molar-refractivity contribution is 5.17. The number of nitrogens with two attached hydrogens (primary N) is 1. The van der Waals surface area contributed by atoms with Crippen molar-refractivity contribution < 1.29 is 4.39 Å². The van der Waals surface area contributed by atoms with E-state index in [-0.39, 0.29) is 5.82 Å². The van der Waals surface area contributed by atoms with Gasteiger partial charge in [0.25, 0.3) is 0 Å². The molecule has 4 heteroatoms. The van der Waals surface area contributed by atoms with Crippen LogP contribution >= 0.6 is 0 Å². The Morgan fingerprint density at radius 3 is 2.73 bits per heavy atom. The molecule has 0 unspecified atom stereocenters. The van der Waals surface area contributed by atoms with Gasteiger partial charge in [0.2, 0.25) is 0 Å². The highest BCUT2D eigenvalue weighted by atomic mass is 19.1. The van der Waals surface area contributed by atoms with Crippen LogP contribution in [0.25, 0.3) is 0 Å². The van der Waals surface area contributed by atoms with Crippen molar-refractivity contribution in [2.75, 3.05) is 0 Å². The zero-order chi connectivity index (χ0) is 10.7. The number of aromatic nitrogens is 2. The molecule has 0 atom stereocenters. The summed E-state index contributed by atoms with van der Waals surface area (Å²) in [5.41, 5.74) is 6.88. The lowest BCUT2D eigenvalue weighted by atomic mass is 10.2. The van der Waals surface area contributed by atoms with Gasteiger partial charge in [-0.15, -0.1) is 0 Å². The van der Waals surface area contributed by atoms with Crippen LogP contribution in [-0.4, -0.2) is 9.78 Å². The maximum absolute atomic E-state index is 13.3. The Morgan fingerprint density at radius 2 is 2.07 bits per heavy atom. The molecule has 0 saturated heterocycles. The largest absolute Gasteiger partial charge is 0.325 e. The Kier molecular flexibility index (Phi) is 2.78. The first-order valence-corrected chi connectivity index (χ1v) is 4.75.